The summed E-state index contributed by atoms with van der Waals surface area (Å²) >= 11 is 6.50. The highest BCUT2D eigenvalue weighted by Gasteiger charge is 2.24. The van der Waals surface area contributed by atoms with Gasteiger partial charge in [0.2, 0.25) is 0 Å². The van der Waals surface area contributed by atoms with Crippen molar-refractivity contribution in [3.8, 4) is 5.75 Å². The molecule has 1 saturated heterocycles. The Balaban J connectivity index is 1.79. The molecule has 1 heterocycles. The molecule has 0 saturated carbocycles. The fourth-order valence-electron chi connectivity index (χ4n) is 3.70. The molecule has 0 aliphatic carbocycles. The second-order valence-corrected chi connectivity index (χ2v) is 7.31. The molecule has 27 heavy (non-hydrogen) atoms. The number of nitrogens with zero attached hydrogens (tertiary/aromatic N) is 1. The summed E-state index contributed by atoms with van der Waals surface area (Å²) in [6.07, 6.45) is 4.89. The van der Waals surface area contributed by atoms with Crippen LogP contribution in [0, 0.1) is 0 Å². The third-order valence-corrected chi connectivity index (χ3v) is 5.50. The van der Waals surface area contributed by atoms with Gasteiger partial charge in [-0.15, -0.1) is 0 Å². The lowest BCUT2D eigenvalue weighted by molar-refractivity contribution is 0.0930. The Labute approximate surface area is 166 Å². The highest BCUT2D eigenvalue weighted by atomic mass is 35.5. The standard InChI is InChI=1S/C22H27ClN2O2/c1-27-21-13-7-5-11-18(21)22(26)24-16-20(17-10-4-6-12-19(17)23)25-14-8-2-3-9-15-25/h4-7,10-13,20H,2-3,8-9,14-16H2,1H3,(H,24,26)/t20-/m0/s1. The summed E-state index contributed by atoms with van der Waals surface area (Å²) in [5.41, 5.74) is 1.62. The number of methoxy groups -OCH3 is 1. The van der Waals surface area contributed by atoms with Gasteiger partial charge in [0, 0.05) is 11.6 Å². The molecule has 2 aromatic rings. The van der Waals surface area contributed by atoms with E-state index in [0.717, 1.165) is 23.7 Å². The van der Waals surface area contributed by atoms with Gasteiger partial charge in [0.15, 0.2) is 0 Å². The van der Waals surface area contributed by atoms with Crippen molar-refractivity contribution < 1.29 is 9.53 Å². The van der Waals surface area contributed by atoms with Gasteiger partial charge < -0.3 is 10.1 Å². The van der Waals surface area contributed by atoms with Crippen molar-refractivity contribution in [2.45, 2.75) is 31.7 Å². The number of hydrogen-bond acceptors (Lipinski definition) is 3. The number of ether oxygens (including phenoxy) is 1. The van der Waals surface area contributed by atoms with Crippen LogP contribution in [-0.2, 0) is 0 Å². The lowest BCUT2D eigenvalue weighted by Gasteiger charge is -2.32. The minimum Gasteiger partial charge on any atom is -0.496 e. The van der Waals surface area contributed by atoms with E-state index in [9.17, 15) is 4.79 Å². The first-order valence-corrected chi connectivity index (χ1v) is 9.98. The third-order valence-electron chi connectivity index (χ3n) is 5.15. The number of amides is 1. The smallest absolute Gasteiger partial charge is 0.255 e. The number of nitrogens with one attached hydrogen (secondary N) is 1. The Bertz CT molecular complexity index is 757. The van der Waals surface area contributed by atoms with Gasteiger partial charge >= 0.3 is 0 Å². The van der Waals surface area contributed by atoms with E-state index in [0.29, 0.717) is 17.9 Å². The molecule has 2 aromatic carbocycles. The van der Waals surface area contributed by atoms with Crippen molar-refractivity contribution in [1.29, 1.82) is 0 Å². The van der Waals surface area contributed by atoms with Gasteiger partial charge in [-0.25, -0.2) is 0 Å². The first-order chi connectivity index (χ1) is 13.2. The highest BCUT2D eigenvalue weighted by Crippen LogP contribution is 2.29. The molecule has 1 atom stereocenters. The first kappa shape index (κ1) is 19.7. The van der Waals surface area contributed by atoms with Crippen molar-refractivity contribution in [3.05, 3.63) is 64.7 Å². The third kappa shape index (κ3) is 5.02. The quantitative estimate of drug-likeness (QED) is 0.782. The van der Waals surface area contributed by atoms with Crippen LogP contribution in [0.15, 0.2) is 48.5 Å². The van der Waals surface area contributed by atoms with Crippen molar-refractivity contribution in [3.63, 3.8) is 0 Å². The molecule has 1 N–H and O–H groups in total. The maximum absolute atomic E-state index is 12.8. The fourth-order valence-corrected chi connectivity index (χ4v) is 3.97. The van der Waals surface area contributed by atoms with Crippen LogP contribution >= 0.6 is 11.6 Å². The van der Waals surface area contributed by atoms with Crippen LogP contribution in [0.3, 0.4) is 0 Å². The number of likely N-dealkylation sites (tertiary alicyclic amines) is 1. The lowest BCUT2D eigenvalue weighted by Crippen LogP contribution is -2.39. The predicted molar refractivity (Wildman–Crippen MR) is 110 cm³/mol. The maximum atomic E-state index is 12.8. The van der Waals surface area contributed by atoms with Crippen LogP contribution in [0.25, 0.3) is 0 Å². The van der Waals surface area contributed by atoms with E-state index in [1.165, 1.54) is 25.7 Å². The largest absolute Gasteiger partial charge is 0.496 e. The number of halogens is 1. The number of rotatable bonds is 6. The summed E-state index contributed by atoms with van der Waals surface area (Å²) in [5, 5.41) is 3.85. The molecule has 3 rings (SSSR count). The number of hydrogen-bond donors (Lipinski definition) is 1. The average molecular weight is 387 g/mol. The minimum atomic E-state index is -0.126. The summed E-state index contributed by atoms with van der Waals surface area (Å²) in [4.78, 5) is 15.2. The Morgan fingerprint density at radius 2 is 1.74 bits per heavy atom. The zero-order valence-electron chi connectivity index (χ0n) is 15.8. The van der Waals surface area contributed by atoms with Crippen LogP contribution in [-0.4, -0.2) is 37.6 Å². The maximum Gasteiger partial charge on any atom is 0.255 e. The molecule has 1 aliphatic rings. The van der Waals surface area contributed by atoms with E-state index in [1.807, 2.05) is 30.3 Å². The molecule has 0 radical (unpaired) electrons. The Hall–Kier alpha value is -2.04. The first-order valence-electron chi connectivity index (χ1n) is 9.60. The number of para-hydroxylation sites is 1. The van der Waals surface area contributed by atoms with Crippen LogP contribution < -0.4 is 10.1 Å². The van der Waals surface area contributed by atoms with Gasteiger partial charge in [-0.1, -0.05) is 54.8 Å². The van der Waals surface area contributed by atoms with E-state index >= 15 is 0 Å². The second-order valence-electron chi connectivity index (χ2n) is 6.90. The SMILES string of the molecule is COc1ccccc1C(=O)NC[C@@H](c1ccccc1Cl)N1CCCCCC1. The van der Waals surface area contributed by atoms with Gasteiger partial charge in [-0.3, -0.25) is 9.69 Å². The van der Waals surface area contributed by atoms with Crippen LogP contribution in [0.5, 0.6) is 5.75 Å². The van der Waals surface area contributed by atoms with Crippen molar-refractivity contribution in [2.75, 3.05) is 26.7 Å². The molecule has 0 spiro atoms. The number of carbonyl (C=O) groups excluding carboxylic acids is 1. The van der Waals surface area contributed by atoms with Crippen molar-refractivity contribution >= 4 is 17.5 Å². The topological polar surface area (TPSA) is 41.6 Å². The summed E-state index contributed by atoms with van der Waals surface area (Å²) in [7, 11) is 1.58. The molecular weight excluding hydrogens is 360 g/mol. The van der Waals surface area contributed by atoms with Gasteiger partial charge in [0.1, 0.15) is 5.75 Å². The van der Waals surface area contributed by atoms with Gasteiger partial charge in [0.25, 0.3) is 5.91 Å². The number of benzene rings is 2. The lowest BCUT2D eigenvalue weighted by atomic mass is 10.0. The predicted octanol–water partition coefficient (Wildman–Crippen LogP) is 4.70. The summed E-state index contributed by atoms with van der Waals surface area (Å²) in [6, 6.07) is 15.3. The van der Waals surface area contributed by atoms with E-state index in [-0.39, 0.29) is 11.9 Å². The van der Waals surface area contributed by atoms with Gasteiger partial charge in [-0.05, 0) is 49.7 Å². The minimum absolute atomic E-state index is 0.0652. The molecule has 4 nitrogen and oxygen atoms in total. The highest BCUT2D eigenvalue weighted by molar-refractivity contribution is 6.31. The molecule has 0 unspecified atom stereocenters. The van der Waals surface area contributed by atoms with Crippen LogP contribution in [0.1, 0.15) is 47.6 Å². The summed E-state index contributed by atoms with van der Waals surface area (Å²) in [6.45, 7) is 2.57. The van der Waals surface area contributed by atoms with Crippen molar-refractivity contribution in [2.24, 2.45) is 0 Å². The monoisotopic (exact) mass is 386 g/mol. The molecule has 144 valence electrons. The zero-order valence-corrected chi connectivity index (χ0v) is 16.5. The van der Waals surface area contributed by atoms with Crippen LogP contribution in [0.4, 0.5) is 0 Å². The molecule has 1 aliphatic heterocycles. The molecule has 0 aromatic heterocycles. The summed E-state index contributed by atoms with van der Waals surface area (Å²) < 4.78 is 5.32. The Kier molecular flexibility index (Phi) is 7.13. The molecule has 1 fully saturated rings. The van der Waals surface area contributed by atoms with Crippen molar-refractivity contribution in [1.82, 2.24) is 10.2 Å². The van der Waals surface area contributed by atoms with Gasteiger partial charge in [-0.2, -0.15) is 0 Å². The Morgan fingerprint density at radius 1 is 1.07 bits per heavy atom. The van der Waals surface area contributed by atoms with Gasteiger partial charge in [0.05, 0.1) is 18.7 Å². The van der Waals surface area contributed by atoms with E-state index in [1.54, 1.807) is 19.2 Å². The second kappa shape index (κ2) is 9.77. The molecule has 0 bridgehead atoms. The zero-order chi connectivity index (χ0) is 19.1. The summed E-state index contributed by atoms with van der Waals surface area (Å²) in [5.74, 6) is 0.457. The van der Waals surface area contributed by atoms with E-state index in [2.05, 4.69) is 16.3 Å². The fraction of sp³-hybridized carbons (Fsp3) is 0.409. The van der Waals surface area contributed by atoms with E-state index < -0.39 is 0 Å². The Morgan fingerprint density at radius 3 is 2.44 bits per heavy atom. The van der Waals surface area contributed by atoms with E-state index in [4.69, 9.17) is 16.3 Å². The molecular formula is C22H27ClN2O2. The number of carbonyl (C=O) groups is 1. The molecule has 5 heteroatoms. The molecule has 1 amide bonds. The average Bonchev–Trinajstić information content (AvgIpc) is 2.98. The normalized spacial score (nSPS) is 16.4. The van der Waals surface area contributed by atoms with Crippen LogP contribution in [0.2, 0.25) is 5.02 Å².